The monoisotopic (exact) mass is 543 g/mol. The Kier molecular flexibility index (Phi) is 7.81. The van der Waals surface area contributed by atoms with Crippen LogP contribution in [0.3, 0.4) is 0 Å². The van der Waals surface area contributed by atoms with Crippen LogP contribution >= 0.6 is 11.3 Å². The number of hydrogen-bond acceptors (Lipinski definition) is 7. The molecule has 192 valence electrons. The predicted octanol–water partition coefficient (Wildman–Crippen LogP) is 3.82. The molecule has 0 aliphatic carbocycles. The van der Waals surface area contributed by atoms with Crippen LogP contribution in [0, 0.1) is 5.82 Å². The van der Waals surface area contributed by atoms with Crippen molar-refractivity contribution in [3.8, 4) is 0 Å². The van der Waals surface area contributed by atoms with Crippen LogP contribution in [0.5, 0.6) is 0 Å². The van der Waals surface area contributed by atoms with Gasteiger partial charge in [0.1, 0.15) is 5.82 Å². The highest BCUT2D eigenvalue weighted by Gasteiger charge is 2.16. The minimum absolute atomic E-state index is 0.119. The van der Waals surface area contributed by atoms with E-state index in [2.05, 4.69) is 9.71 Å². The predicted molar refractivity (Wildman–Crippen MR) is 137 cm³/mol. The molecule has 1 amide bonds. The average molecular weight is 544 g/mol. The lowest BCUT2D eigenvalue weighted by Crippen LogP contribution is -2.19. The summed E-state index contributed by atoms with van der Waals surface area (Å²) in [6.07, 6.45) is 0. The van der Waals surface area contributed by atoms with Gasteiger partial charge in [-0.25, -0.2) is 17.6 Å². The van der Waals surface area contributed by atoms with Crippen LogP contribution in [-0.4, -0.2) is 45.7 Å². The zero-order chi connectivity index (χ0) is 26.6. The van der Waals surface area contributed by atoms with Crippen LogP contribution in [0.25, 0.3) is 10.2 Å². The topological polar surface area (TPSA) is 116 Å². The molecule has 0 radical (unpaired) electrons. The number of sulfonamides is 1. The van der Waals surface area contributed by atoms with Crippen molar-refractivity contribution in [1.29, 1.82) is 0 Å². The van der Waals surface area contributed by atoms with Gasteiger partial charge in [-0.1, -0.05) is 17.4 Å². The number of carbonyl (C=O) groups is 2. The van der Waals surface area contributed by atoms with Crippen molar-refractivity contribution in [3.05, 3.63) is 88.5 Å². The van der Waals surface area contributed by atoms with Gasteiger partial charge in [0, 0.05) is 24.9 Å². The highest BCUT2D eigenvalue weighted by atomic mass is 32.2. The number of methoxy groups -OCH3 is 2. The number of anilines is 1. The molecule has 0 aliphatic rings. The van der Waals surface area contributed by atoms with Crippen LogP contribution in [0.1, 0.15) is 20.7 Å². The Morgan fingerprint density at radius 1 is 1.03 bits per heavy atom. The maximum atomic E-state index is 13.2. The summed E-state index contributed by atoms with van der Waals surface area (Å²) in [5.41, 5.74) is 1.44. The molecule has 3 aromatic carbocycles. The Hall–Kier alpha value is -3.87. The number of ether oxygens (including phenoxy) is 2. The van der Waals surface area contributed by atoms with E-state index in [9.17, 15) is 22.4 Å². The van der Waals surface area contributed by atoms with E-state index in [0.717, 1.165) is 34.5 Å². The van der Waals surface area contributed by atoms with Gasteiger partial charge in [0.15, 0.2) is 4.80 Å². The van der Waals surface area contributed by atoms with Crippen LogP contribution in [-0.2, 0) is 26.0 Å². The highest BCUT2D eigenvalue weighted by molar-refractivity contribution is 7.92. The van der Waals surface area contributed by atoms with Crippen LogP contribution in [0.4, 0.5) is 10.1 Å². The van der Waals surface area contributed by atoms with Gasteiger partial charge in [0.05, 0.1) is 34.4 Å². The molecule has 0 aliphatic heterocycles. The first kappa shape index (κ1) is 26.2. The molecule has 0 fully saturated rings. The second-order valence-corrected chi connectivity index (χ2v) is 10.5. The third-order valence-electron chi connectivity index (χ3n) is 5.31. The summed E-state index contributed by atoms with van der Waals surface area (Å²) in [7, 11) is -1.13. The molecule has 12 heteroatoms. The number of rotatable bonds is 8. The molecule has 4 aromatic rings. The maximum absolute atomic E-state index is 13.2. The van der Waals surface area contributed by atoms with Gasteiger partial charge in [-0.15, -0.1) is 0 Å². The number of halogens is 1. The Balaban J connectivity index is 1.68. The molecule has 9 nitrogen and oxygen atoms in total. The molecular weight excluding hydrogens is 521 g/mol. The summed E-state index contributed by atoms with van der Waals surface area (Å²) in [6, 6.07) is 15.3. The van der Waals surface area contributed by atoms with E-state index in [1.165, 1.54) is 42.7 Å². The zero-order valence-electron chi connectivity index (χ0n) is 19.8. The SMILES string of the molecule is COCCn1c(=NC(=O)c2cccc(NS(=O)(=O)c3ccc(F)cc3)c2)sc2cc(C(=O)OC)ccc21. The van der Waals surface area contributed by atoms with Gasteiger partial charge in [-0.05, 0) is 60.7 Å². The third-order valence-corrected chi connectivity index (χ3v) is 7.74. The summed E-state index contributed by atoms with van der Waals surface area (Å²) < 4.78 is 53.3. The molecule has 0 saturated heterocycles. The van der Waals surface area contributed by atoms with Gasteiger partial charge in [-0.3, -0.25) is 9.52 Å². The largest absolute Gasteiger partial charge is 0.465 e. The summed E-state index contributed by atoms with van der Waals surface area (Å²) in [4.78, 5) is 29.5. The van der Waals surface area contributed by atoms with Crippen LogP contribution in [0.15, 0.2) is 76.6 Å². The fourth-order valence-electron chi connectivity index (χ4n) is 3.50. The molecule has 1 heterocycles. The van der Waals surface area contributed by atoms with Crippen molar-refractivity contribution < 1.29 is 31.9 Å². The first-order valence-electron chi connectivity index (χ1n) is 10.9. The van der Waals surface area contributed by atoms with Crippen molar-refractivity contribution in [2.45, 2.75) is 11.4 Å². The quantitative estimate of drug-likeness (QED) is 0.338. The number of esters is 1. The van der Waals surface area contributed by atoms with E-state index in [1.54, 1.807) is 25.3 Å². The lowest BCUT2D eigenvalue weighted by molar-refractivity contribution is 0.0600. The molecule has 0 bridgehead atoms. The highest BCUT2D eigenvalue weighted by Crippen LogP contribution is 2.21. The number of aromatic nitrogens is 1. The van der Waals surface area contributed by atoms with E-state index in [1.807, 2.05) is 4.57 Å². The molecule has 0 unspecified atom stereocenters. The van der Waals surface area contributed by atoms with Gasteiger partial charge in [-0.2, -0.15) is 4.99 Å². The van der Waals surface area contributed by atoms with Crippen molar-refractivity contribution in [3.63, 3.8) is 0 Å². The van der Waals surface area contributed by atoms with Crippen molar-refractivity contribution in [2.24, 2.45) is 4.99 Å². The summed E-state index contributed by atoms with van der Waals surface area (Å²) in [5, 5.41) is 0. The first-order valence-corrected chi connectivity index (χ1v) is 13.2. The van der Waals surface area contributed by atoms with E-state index in [0.29, 0.717) is 23.5 Å². The molecule has 1 N–H and O–H groups in total. The summed E-state index contributed by atoms with van der Waals surface area (Å²) >= 11 is 1.22. The number of benzene rings is 3. The standard InChI is InChI=1S/C25H22FN3O6S2/c1-34-13-12-29-21-11-6-17(24(31)35-2)15-22(21)36-25(29)27-23(30)16-4-3-5-19(14-16)28-37(32,33)20-9-7-18(26)8-10-20/h3-11,14-15,28H,12-13H2,1-2H3. The van der Waals surface area contributed by atoms with Crippen LogP contribution in [0.2, 0.25) is 0 Å². The lowest BCUT2D eigenvalue weighted by Gasteiger charge is -2.09. The van der Waals surface area contributed by atoms with E-state index < -0.39 is 27.7 Å². The fourth-order valence-corrected chi connectivity index (χ4v) is 5.64. The lowest BCUT2D eigenvalue weighted by atomic mass is 10.2. The maximum Gasteiger partial charge on any atom is 0.337 e. The second kappa shape index (κ2) is 11.0. The molecule has 0 spiro atoms. The second-order valence-electron chi connectivity index (χ2n) is 7.76. The van der Waals surface area contributed by atoms with Gasteiger partial charge >= 0.3 is 5.97 Å². The van der Waals surface area contributed by atoms with Gasteiger partial charge in [0.25, 0.3) is 15.9 Å². The third kappa shape index (κ3) is 5.93. The number of nitrogens with one attached hydrogen (secondary N) is 1. The minimum Gasteiger partial charge on any atom is -0.465 e. The molecule has 37 heavy (non-hydrogen) atoms. The number of amides is 1. The molecular formula is C25H22FN3O6S2. The summed E-state index contributed by atoms with van der Waals surface area (Å²) in [5.74, 6) is -1.62. The Labute approximate surface area is 215 Å². The average Bonchev–Trinajstić information content (AvgIpc) is 3.22. The normalized spacial score (nSPS) is 12.0. The van der Waals surface area contributed by atoms with Crippen LogP contribution < -0.4 is 9.52 Å². The van der Waals surface area contributed by atoms with Gasteiger partial charge in [0.2, 0.25) is 0 Å². The van der Waals surface area contributed by atoms with Crippen molar-refractivity contribution >= 4 is 49.1 Å². The van der Waals surface area contributed by atoms with Crippen molar-refractivity contribution in [1.82, 2.24) is 4.57 Å². The number of carbonyl (C=O) groups excluding carboxylic acids is 2. The smallest absolute Gasteiger partial charge is 0.337 e. The molecule has 0 saturated carbocycles. The van der Waals surface area contributed by atoms with Gasteiger partial charge < -0.3 is 14.0 Å². The number of hydrogen-bond donors (Lipinski definition) is 1. The number of thiazole rings is 1. The summed E-state index contributed by atoms with van der Waals surface area (Å²) in [6.45, 7) is 0.782. The van der Waals surface area contributed by atoms with E-state index >= 15 is 0 Å². The molecule has 1 aromatic heterocycles. The number of fused-ring (bicyclic) bond motifs is 1. The van der Waals surface area contributed by atoms with E-state index in [4.69, 9.17) is 9.47 Å². The zero-order valence-corrected chi connectivity index (χ0v) is 21.4. The first-order chi connectivity index (χ1) is 17.7. The Bertz CT molecular complexity index is 1640. The minimum atomic E-state index is -3.99. The Morgan fingerprint density at radius 3 is 2.49 bits per heavy atom. The number of nitrogens with zero attached hydrogens (tertiary/aromatic N) is 2. The molecule has 0 atom stereocenters. The Morgan fingerprint density at radius 2 is 1.78 bits per heavy atom. The van der Waals surface area contributed by atoms with E-state index in [-0.39, 0.29) is 16.1 Å². The molecule has 4 rings (SSSR count). The van der Waals surface area contributed by atoms with Crippen molar-refractivity contribution in [2.75, 3.05) is 25.5 Å². The fraction of sp³-hybridized carbons (Fsp3) is 0.160.